The van der Waals surface area contributed by atoms with E-state index in [1.165, 1.54) is 43.4 Å². The van der Waals surface area contributed by atoms with Crippen LogP contribution in [0.2, 0.25) is 10.0 Å². The van der Waals surface area contributed by atoms with Crippen LogP contribution in [0.5, 0.6) is 11.5 Å². The summed E-state index contributed by atoms with van der Waals surface area (Å²) in [6, 6.07) is 14.8. The second-order valence-electron chi connectivity index (χ2n) is 9.20. The van der Waals surface area contributed by atoms with Crippen LogP contribution in [0, 0.1) is 6.92 Å². The number of hydrogen-bond acceptors (Lipinski definition) is 6. The zero-order valence-corrected chi connectivity index (χ0v) is 25.8. The summed E-state index contributed by atoms with van der Waals surface area (Å²) in [5, 5.41) is 3.35. The molecular weight excluding hydrogens is 589 g/mol. The van der Waals surface area contributed by atoms with Crippen LogP contribution in [0.1, 0.15) is 25.0 Å². The number of carbonyl (C=O) groups excluding carboxylic acids is 2. The van der Waals surface area contributed by atoms with Gasteiger partial charge in [0.15, 0.2) is 11.5 Å². The minimum absolute atomic E-state index is 0.00140. The number of benzene rings is 3. The summed E-state index contributed by atoms with van der Waals surface area (Å²) in [5.74, 6) is -0.327. The van der Waals surface area contributed by atoms with Crippen molar-refractivity contribution in [3.63, 3.8) is 0 Å². The summed E-state index contributed by atoms with van der Waals surface area (Å²) in [6.45, 7) is 4.93. The molecule has 1 N–H and O–H groups in total. The van der Waals surface area contributed by atoms with E-state index < -0.39 is 28.5 Å². The van der Waals surface area contributed by atoms with Gasteiger partial charge in [0.05, 0.1) is 34.8 Å². The molecule has 0 saturated heterocycles. The Labute approximate surface area is 251 Å². The summed E-state index contributed by atoms with van der Waals surface area (Å²) >= 11 is 12.3. The Balaban J connectivity index is 2.10. The van der Waals surface area contributed by atoms with Crippen molar-refractivity contribution in [2.45, 2.75) is 38.3 Å². The molecule has 0 bridgehead atoms. The number of methoxy groups -OCH3 is 2. The first-order chi connectivity index (χ1) is 19.4. The summed E-state index contributed by atoms with van der Waals surface area (Å²) < 4.78 is 39.6. The molecule has 3 aromatic carbocycles. The Morgan fingerprint density at radius 1 is 0.927 bits per heavy atom. The number of likely N-dealkylation sites (N-methyl/N-ethyl adjacent to an activating group) is 1. The van der Waals surface area contributed by atoms with E-state index in [0.29, 0.717) is 22.9 Å². The molecule has 3 aromatic rings. The molecule has 0 aliphatic rings. The third kappa shape index (κ3) is 7.63. The highest BCUT2D eigenvalue weighted by Gasteiger charge is 2.33. The maximum absolute atomic E-state index is 14.0. The number of aryl methyl sites for hydroxylation is 1. The molecule has 0 fully saturated rings. The Morgan fingerprint density at radius 2 is 1.59 bits per heavy atom. The third-order valence-electron chi connectivity index (χ3n) is 6.40. The molecule has 0 aliphatic heterocycles. The smallest absolute Gasteiger partial charge is 0.264 e. The summed E-state index contributed by atoms with van der Waals surface area (Å²) in [5.41, 5.74) is 1.67. The minimum Gasteiger partial charge on any atom is -0.493 e. The topological polar surface area (TPSA) is 105 Å². The molecule has 2 amide bonds. The highest BCUT2D eigenvalue weighted by Crippen LogP contribution is 2.34. The first-order valence-corrected chi connectivity index (χ1v) is 14.9. The van der Waals surface area contributed by atoms with Crippen LogP contribution in [-0.4, -0.2) is 58.5 Å². The second-order valence-corrected chi connectivity index (χ2v) is 11.9. The third-order valence-corrected chi connectivity index (χ3v) is 8.93. The van der Waals surface area contributed by atoms with Gasteiger partial charge in [-0.3, -0.25) is 13.9 Å². The quantitative estimate of drug-likeness (QED) is 0.303. The van der Waals surface area contributed by atoms with Gasteiger partial charge >= 0.3 is 0 Å². The Morgan fingerprint density at radius 3 is 2.17 bits per heavy atom. The molecule has 0 aliphatic carbocycles. The monoisotopic (exact) mass is 621 g/mol. The van der Waals surface area contributed by atoms with Gasteiger partial charge < -0.3 is 19.7 Å². The molecule has 41 heavy (non-hydrogen) atoms. The van der Waals surface area contributed by atoms with Crippen LogP contribution in [0.25, 0.3) is 0 Å². The predicted octanol–water partition coefficient (Wildman–Crippen LogP) is 5.07. The standard InChI is InChI=1S/C29H33Cl2N3O6S/c1-6-32-29(36)20(3)33(17-21-9-13-24(30)25(31)15-21)28(35)18-34(22-10-14-26(39-4)27(16-22)40-5)41(37,38)23-11-7-19(2)8-12-23/h7-16,20H,6,17-18H2,1-5H3,(H,32,36)/t20-/m1/s1. The molecule has 0 aromatic heterocycles. The van der Waals surface area contributed by atoms with Crippen molar-refractivity contribution in [2.75, 3.05) is 31.6 Å². The molecule has 9 nitrogen and oxygen atoms in total. The van der Waals surface area contributed by atoms with Crippen LogP contribution in [-0.2, 0) is 26.2 Å². The zero-order chi connectivity index (χ0) is 30.3. The number of ether oxygens (including phenoxy) is 2. The van der Waals surface area contributed by atoms with Gasteiger partial charge in [0, 0.05) is 19.2 Å². The van der Waals surface area contributed by atoms with Crippen molar-refractivity contribution in [1.82, 2.24) is 10.2 Å². The zero-order valence-electron chi connectivity index (χ0n) is 23.5. The van der Waals surface area contributed by atoms with E-state index >= 15 is 0 Å². The average molecular weight is 623 g/mol. The normalized spacial score (nSPS) is 11.9. The molecule has 0 heterocycles. The lowest BCUT2D eigenvalue weighted by Crippen LogP contribution is -2.51. The van der Waals surface area contributed by atoms with Gasteiger partial charge in [0.2, 0.25) is 11.8 Å². The van der Waals surface area contributed by atoms with Crippen molar-refractivity contribution < 1.29 is 27.5 Å². The highest BCUT2D eigenvalue weighted by molar-refractivity contribution is 7.92. The van der Waals surface area contributed by atoms with E-state index in [0.717, 1.165) is 9.87 Å². The van der Waals surface area contributed by atoms with Gasteiger partial charge in [-0.15, -0.1) is 0 Å². The molecule has 0 unspecified atom stereocenters. The van der Waals surface area contributed by atoms with Crippen LogP contribution in [0.4, 0.5) is 5.69 Å². The van der Waals surface area contributed by atoms with Crippen molar-refractivity contribution in [2.24, 2.45) is 0 Å². The summed E-state index contributed by atoms with van der Waals surface area (Å²) in [4.78, 5) is 28.1. The molecular formula is C29H33Cl2N3O6S. The lowest BCUT2D eigenvalue weighted by molar-refractivity contribution is -0.139. The minimum atomic E-state index is -4.24. The second kappa shape index (κ2) is 13.9. The number of anilines is 1. The van der Waals surface area contributed by atoms with Crippen molar-refractivity contribution >= 4 is 50.7 Å². The van der Waals surface area contributed by atoms with Gasteiger partial charge in [0.1, 0.15) is 12.6 Å². The van der Waals surface area contributed by atoms with Crippen LogP contribution >= 0.6 is 23.2 Å². The number of nitrogens with one attached hydrogen (secondary N) is 1. The fourth-order valence-electron chi connectivity index (χ4n) is 4.09. The van der Waals surface area contributed by atoms with Crippen LogP contribution in [0.3, 0.4) is 0 Å². The van der Waals surface area contributed by atoms with E-state index in [9.17, 15) is 18.0 Å². The fourth-order valence-corrected chi connectivity index (χ4v) is 5.81. The number of hydrogen-bond donors (Lipinski definition) is 1. The Hall–Kier alpha value is -3.47. The highest BCUT2D eigenvalue weighted by atomic mass is 35.5. The molecule has 1 atom stereocenters. The number of carbonyl (C=O) groups is 2. The first kappa shape index (κ1) is 32.0. The maximum Gasteiger partial charge on any atom is 0.264 e. The Kier molecular flexibility index (Phi) is 10.9. The van der Waals surface area contributed by atoms with E-state index in [4.69, 9.17) is 32.7 Å². The van der Waals surface area contributed by atoms with E-state index in [1.54, 1.807) is 50.2 Å². The fraction of sp³-hybridized carbons (Fsp3) is 0.310. The summed E-state index contributed by atoms with van der Waals surface area (Å²) in [6.07, 6.45) is 0. The van der Waals surface area contributed by atoms with Crippen LogP contribution in [0.15, 0.2) is 65.6 Å². The number of rotatable bonds is 12. The SMILES string of the molecule is CCNC(=O)[C@@H](C)N(Cc1ccc(Cl)c(Cl)c1)C(=O)CN(c1ccc(OC)c(OC)c1)S(=O)(=O)c1ccc(C)cc1. The van der Waals surface area contributed by atoms with E-state index in [1.807, 2.05) is 6.92 Å². The lowest BCUT2D eigenvalue weighted by atomic mass is 10.1. The maximum atomic E-state index is 14.0. The molecule has 3 rings (SSSR count). The Bertz CT molecular complexity index is 1500. The van der Waals surface area contributed by atoms with Crippen molar-refractivity contribution in [3.05, 3.63) is 81.8 Å². The molecule has 0 spiro atoms. The largest absolute Gasteiger partial charge is 0.493 e. The van der Waals surface area contributed by atoms with Crippen LogP contribution < -0.4 is 19.1 Å². The van der Waals surface area contributed by atoms with Gasteiger partial charge in [-0.05, 0) is 62.7 Å². The number of sulfonamides is 1. The number of halogens is 2. The molecule has 12 heteroatoms. The summed E-state index contributed by atoms with van der Waals surface area (Å²) in [7, 11) is -1.34. The van der Waals surface area contributed by atoms with Crippen molar-refractivity contribution in [3.8, 4) is 11.5 Å². The van der Waals surface area contributed by atoms with Gasteiger partial charge in [-0.25, -0.2) is 8.42 Å². The lowest BCUT2D eigenvalue weighted by Gasteiger charge is -2.32. The molecule has 220 valence electrons. The van der Waals surface area contributed by atoms with Gasteiger partial charge in [-0.2, -0.15) is 0 Å². The first-order valence-electron chi connectivity index (χ1n) is 12.8. The molecule has 0 saturated carbocycles. The van der Waals surface area contributed by atoms with Gasteiger partial charge in [-0.1, -0.05) is 47.0 Å². The number of amides is 2. The average Bonchev–Trinajstić information content (AvgIpc) is 2.95. The molecule has 0 radical (unpaired) electrons. The van der Waals surface area contributed by atoms with E-state index in [2.05, 4.69) is 5.32 Å². The van der Waals surface area contributed by atoms with Gasteiger partial charge in [0.25, 0.3) is 10.0 Å². The van der Waals surface area contributed by atoms with Crippen molar-refractivity contribution in [1.29, 1.82) is 0 Å². The predicted molar refractivity (Wildman–Crippen MR) is 160 cm³/mol. The van der Waals surface area contributed by atoms with E-state index in [-0.39, 0.29) is 33.8 Å². The number of nitrogens with zero attached hydrogens (tertiary/aromatic N) is 2.